The molecule has 1 heterocycles. The van der Waals surface area contributed by atoms with Crippen LogP contribution < -0.4 is 0 Å². The van der Waals surface area contributed by atoms with Crippen molar-refractivity contribution in [1.82, 2.24) is 9.78 Å². The van der Waals surface area contributed by atoms with Crippen LogP contribution >= 0.6 is 0 Å². The first-order valence-electron chi connectivity index (χ1n) is 4.55. The van der Waals surface area contributed by atoms with E-state index in [1.807, 2.05) is 36.4 Å². The molecule has 1 N–H and O–H groups in total. The predicted molar refractivity (Wildman–Crippen MR) is 53.7 cm³/mol. The maximum absolute atomic E-state index is 9.02. The van der Waals surface area contributed by atoms with E-state index in [1.54, 1.807) is 10.9 Å². The highest BCUT2D eigenvalue weighted by Crippen LogP contribution is 2.04. The second kappa shape index (κ2) is 4.07. The minimum Gasteiger partial charge on any atom is -0.390 e. The van der Waals surface area contributed by atoms with Gasteiger partial charge in [-0.1, -0.05) is 30.3 Å². The molecule has 0 unspecified atom stereocenters. The number of rotatable bonds is 3. The Morgan fingerprint density at radius 3 is 2.64 bits per heavy atom. The molecule has 0 fully saturated rings. The summed E-state index contributed by atoms with van der Waals surface area (Å²) in [6.07, 6.45) is 1.70. The molecule has 3 heteroatoms. The fourth-order valence-corrected chi connectivity index (χ4v) is 1.39. The van der Waals surface area contributed by atoms with E-state index in [-0.39, 0.29) is 6.61 Å². The molecule has 0 radical (unpaired) electrons. The van der Waals surface area contributed by atoms with Crippen molar-refractivity contribution in [2.24, 2.45) is 0 Å². The van der Waals surface area contributed by atoms with E-state index >= 15 is 0 Å². The Kier molecular flexibility index (Phi) is 2.60. The van der Waals surface area contributed by atoms with Crippen molar-refractivity contribution in [3.05, 3.63) is 53.9 Å². The number of nitrogens with zero attached hydrogens (tertiary/aromatic N) is 2. The Labute approximate surface area is 82.6 Å². The van der Waals surface area contributed by atoms with Crippen molar-refractivity contribution in [1.29, 1.82) is 0 Å². The van der Waals surface area contributed by atoms with Gasteiger partial charge in [0.05, 0.1) is 18.8 Å². The summed E-state index contributed by atoms with van der Waals surface area (Å²) in [5, 5.41) is 13.2. The number of hydrogen-bond donors (Lipinski definition) is 1. The van der Waals surface area contributed by atoms with Gasteiger partial charge in [-0.3, -0.25) is 4.68 Å². The van der Waals surface area contributed by atoms with Crippen LogP contribution in [-0.2, 0) is 13.2 Å². The van der Waals surface area contributed by atoms with Crippen LogP contribution in [0.5, 0.6) is 0 Å². The Morgan fingerprint density at radius 1 is 1.14 bits per heavy atom. The summed E-state index contributed by atoms with van der Waals surface area (Å²) in [4.78, 5) is 0. The van der Waals surface area contributed by atoms with Gasteiger partial charge in [-0.05, 0) is 11.6 Å². The summed E-state index contributed by atoms with van der Waals surface area (Å²) in [7, 11) is 0. The minimum atomic E-state index is 0.0346. The average molecular weight is 188 g/mol. The molecule has 0 aliphatic heterocycles. The first-order chi connectivity index (χ1) is 6.90. The zero-order chi connectivity index (χ0) is 9.80. The van der Waals surface area contributed by atoms with E-state index in [9.17, 15) is 0 Å². The molecule has 1 aromatic carbocycles. The van der Waals surface area contributed by atoms with Crippen molar-refractivity contribution in [2.45, 2.75) is 13.2 Å². The third-order valence-electron chi connectivity index (χ3n) is 2.14. The number of aliphatic hydroxyl groups excluding tert-OH is 1. The lowest BCUT2D eigenvalue weighted by atomic mass is 10.2. The fraction of sp³-hybridized carbons (Fsp3) is 0.182. The van der Waals surface area contributed by atoms with Crippen LogP contribution in [0.4, 0.5) is 0 Å². The molecule has 72 valence electrons. The fourth-order valence-electron chi connectivity index (χ4n) is 1.39. The predicted octanol–water partition coefficient (Wildman–Crippen LogP) is 1.42. The second-order valence-corrected chi connectivity index (χ2v) is 3.12. The zero-order valence-electron chi connectivity index (χ0n) is 7.80. The maximum atomic E-state index is 9.02. The Morgan fingerprint density at radius 2 is 1.93 bits per heavy atom. The normalized spacial score (nSPS) is 10.4. The highest BCUT2D eigenvalue weighted by Gasteiger charge is 2.00. The van der Waals surface area contributed by atoms with Crippen LogP contribution in [-0.4, -0.2) is 14.9 Å². The molecular weight excluding hydrogens is 176 g/mol. The summed E-state index contributed by atoms with van der Waals surface area (Å²) in [6, 6.07) is 11.9. The lowest BCUT2D eigenvalue weighted by Gasteiger charge is -2.04. The standard InChI is InChI=1S/C11H12N2O/c14-9-11-6-7-12-13(11)8-10-4-2-1-3-5-10/h1-7,14H,8-9H2. The average Bonchev–Trinajstić information content (AvgIpc) is 2.67. The molecule has 0 saturated heterocycles. The summed E-state index contributed by atoms with van der Waals surface area (Å²) < 4.78 is 1.80. The number of hydrogen-bond acceptors (Lipinski definition) is 2. The third-order valence-corrected chi connectivity index (χ3v) is 2.14. The molecule has 2 aromatic rings. The van der Waals surface area contributed by atoms with E-state index in [2.05, 4.69) is 5.10 Å². The van der Waals surface area contributed by atoms with Crippen LogP contribution in [0.15, 0.2) is 42.6 Å². The van der Waals surface area contributed by atoms with E-state index < -0.39 is 0 Å². The largest absolute Gasteiger partial charge is 0.390 e. The number of benzene rings is 1. The van der Waals surface area contributed by atoms with Gasteiger partial charge in [0.1, 0.15) is 0 Å². The Balaban J connectivity index is 2.19. The quantitative estimate of drug-likeness (QED) is 0.791. The van der Waals surface area contributed by atoms with Crippen molar-refractivity contribution in [2.75, 3.05) is 0 Å². The number of aliphatic hydroxyl groups is 1. The number of aromatic nitrogens is 2. The molecule has 0 aliphatic rings. The van der Waals surface area contributed by atoms with Gasteiger partial charge in [0.15, 0.2) is 0 Å². The van der Waals surface area contributed by atoms with Gasteiger partial charge in [-0.25, -0.2) is 0 Å². The van der Waals surface area contributed by atoms with Crippen LogP contribution in [0.1, 0.15) is 11.3 Å². The Hall–Kier alpha value is -1.61. The molecule has 0 saturated carbocycles. The third kappa shape index (κ3) is 1.83. The summed E-state index contributed by atoms with van der Waals surface area (Å²) in [6.45, 7) is 0.747. The molecule has 0 spiro atoms. The van der Waals surface area contributed by atoms with E-state index in [0.717, 1.165) is 5.69 Å². The van der Waals surface area contributed by atoms with E-state index in [0.29, 0.717) is 6.54 Å². The molecule has 0 bridgehead atoms. The minimum absolute atomic E-state index is 0.0346. The maximum Gasteiger partial charge on any atom is 0.0850 e. The molecule has 14 heavy (non-hydrogen) atoms. The Bertz CT molecular complexity index is 395. The molecule has 2 rings (SSSR count). The summed E-state index contributed by atoms with van der Waals surface area (Å²) in [5.74, 6) is 0. The smallest absolute Gasteiger partial charge is 0.0850 e. The van der Waals surface area contributed by atoms with Crippen molar-refractivity contribution in [3.8, 4) is 0 Å². The van der Waals surface area contributed by atoms with E-state index in [4.69, 9.17) is 5.11 Å². The van der Waals surface area contributed by atoms with Gasteiger partial charge in [0, 0.05) is 6.20 Å². The van der Waals surface area contributed by atoms with E-state index in [1.165, 1.54) is 5.56 Å². The lowest BCUT2D eigenvalue weighted by molar-refractivity contribution is 0.269. The SMILES string of the molecule is OCc1ccnn1Cc1ccccc1. The van der Waals surface area contributed by atoms with Crippen molar-refractivity contribution in [3.63, 3.8) is 0 Å². The first kappa shape index (κ1) is 8.97. The molecule has 3 nitrogen and oxygen atoms in total. The van der Waals surface area contributed by atoms with Crippen LogP contribution in [0.3, 0.4) is 0 Å². The molecular formula is C11H12N2O. The van der Waals surface area contributed by atoms with Gasteiger partial charge in [-0.15, -0.1) is 0 Å². The topological polar surface area (TPSA) is 38.1 Å². The van der Waals surface area contributed by atoms with Crippen molar-refractivity contribution >= 4 is 0 Å². The van der Waals surface area contributed by atoms with Crippen LogP contribution in [0.25, 0.3) is 0 Å². The highest BCUT2D eigenvalue weighted by molar-refractivity contribution is 5.15. The summed E-state index contributed by atoms with van der Waals surface area (Å²) >= 11 is 0. The van der Waals surface area contributed by atoms with Crippen LogP contribution in [0, 0.1) is 0 Å². The summed E-state index contributed by atoms with van der Waals surface area (Å²) in [5.41, 5.74) is 2.03. The van der Waals surface area contributed by atoms with Gasteiger partial charge in [0.25, 0.3) is 0 Å². The lowest BCUT2D eigenvalue weighted by Crippen LogP contribution is -2.05. The monoisotopic (exact) mass is 188 g/mol. The first-order valence-corrected chi connectivity index (χ1v) is 4.55. The second-order valence-electron chi connectivity index (χ2n) is 3.12. The van der Waals surface area contributed by atoms with Gasteiger partial charge < -0.3 is 5.11 Å². The van der Waals surface area contributed by atoms with Gasteiger partial charge in [-0.2, -0.15) is 5.10 Å². The molecule has 0 aliphatic carbocycles. The van der Waals surface area contributed by atoms with Gasteiger partial charge >= 0.3 is 0 Å². The zero-order valence-corrected chi connectivity index (χ0v) is 7.80. The van der Waals surface area contributed by atoms with Gasteiger partial charge in [0.2, 0.25) is 0 Å². The highest BCUT2D eigenvalue weighted by atomic mass is 16.3. The molecule has 0 atom stereocenters. The van der Waals surface area contributed by atoms with Crippen LogP contribution in [0.2, 0.25) is 0 Å². The molecule has 1 aromatic heterocycles. The van der Waals surface area contributed by atoms with Crippen molar-refractivity contribution < 1.29 is 5.11 Å². The molecule has 0 amide bonds.